The molecule has 1 saturated heterocycles. The van der Waals surface area contributed by atoms with Crippen molar-refractivity contribution >= 4 is 29.3 Å². The second kappa shape index (κ2) is 6.12. The first-order valence-corrected chi connectivity index (χ1v) is 6.55. The van der Waals surface area contributed by atoms with Gasteiger partial charge in [-0.15, -0.1) is 6.42 Å². The Bertz CT molecular complexity index is 800. The Morgan fingerprint density at radius 2 is 2.00 bits per heavy atom. The summed E-state index contributed by atoms with van der Waals surface area (Å²) in [7, 11) is 0. The largest absolute Gasteiger partial charge is 0.338 e. The number of carbonyl (C=O) groups is 4. The molecule has 0 spiro atoms. The molecule has 0 bridgehead atoms. The summed E-state index contributed by atoms with van der Waals surface area (Å²) in [6.45, 7) is 0.733. The Morgan fingerprint density at radius 1 is 1.30 bits per heavy atom. The third-order valence-corrected chi connectivity index (χ3v) is 3.29. The van der Waals surface area contributed by atoms with Crippen LogP contribution in [0.2, 0.25) is 0 Å². The van der Waals surface area contributed by atoms with Crippen LogP contribution in [0.3, 0.4) is 0 Å². The summed E-state index contributed by atoms with van der Waals surface area (Å²) in [5, 5.41) is 8.93. The molecule has 0 aliphatic carbocycles. The molecule has 1 heterocycles. The van der Waals surface area contributed by atoms with Crippen LogP contribution < -0.4 is 4.90 Å². The number of urea groups is 1. The lowest BCUT2D eigenvalue weighted by atomic mass is 9.98. The fourth-order valence-electron chi connectivity index (χ4n) is 2.24. The van der Waals surface area contributed by atoms with Gasteiger partial charge in [-0.3, -0.25) is 19.3 Å². The number of ketones is 1. The van der Waals surface area contributed by atoms with Gasteiger partial charge < -0.3 is 0 Å². The fraction of sp³-hybridized carbons (Fsp3) is 0.188. The lowest BCUT2D eigenvalue weighted by Crippen LogP contribution is -2.61. The summed E-state index contributed by atoms with van der Waals surface area (Å²) in [5.41, 5.74) is 0.322. The van der Waals surface area contributed by atoms with Crippen molar-refractivity contribution in [3.05, 3.63) is 29.8 Å². The molecule has 1 aliphatic rings. The second-order valence-corrected chi connectivity index (χ2v) is 4.79. The summed E-state index contributed by atoms with van der Waals surface area (Å²) < 4.78 is 0. The number of nitriles is 1. The number of hydrogen-bond donors (Lipinski definition) is 0. The molecule has 1 atom stereocenters. The van der Waals surface area contributed by atoms with Gasteiger partial charge in [-0.25, -0.2) is 9.69 Å². The van der Waals surface area contributed by atoms with Crippen molar-refractivity contribution in [2.75, 3.05) is 11.4 Å². The first kappa shape index (κ1) is 15.9. The monoisotopic (exact) mass is 309 g/mol. The van der Waals surface area contributed by atoms with Crippen molar-refractivity contribution in [1.82, 2.24) is 4.90 Å². The molecule has 7 heteroatoms. The van der Waals surface area contributed by atoms with E-state index in [0.717, 1.165) is 6.92 Å². The number of Topliss-reactive ketones (excluding diaryl/α,β-unsaturated/α-hetero) is 1. The minimum atomic E-state index is -1.62. The smallest absolute Gasteiger partial charge is 0.299 e. The van der Waals surface area contributed by atoms with E-state index >= 15 is 0 Å². The molecule has 0 radical (unpaired) electrons. The SMILES string of the molecule is C#CCN1C(=O)C(C(C)=O)C(=O)N(c2cccc(C#N)c2)C1=O. The Balaban J connectivity index is 2.56. The van der Waals surface area contributed by atoms with E-state index in [1.54, 1.807) is 0 Å². The molecule has 23 heavy (non-hydrogen) atoms. The van der Waals surface area contributed by atoms with Gasteiger partial charge in [0.05, 0.1) is 23.9 Å². The molecule has 0 aromatic heterocycles. The van der Waals surface area contributed by atoms with Gasteiger partial charge in [-0.2, -0.15) is 5.26 Å². The van der Waals surface area contributed by atoms with Crippen LogP contribution >= 0.6 is 0 Å². The highest BCUT2D eigenvalue weighted by molar-refractivity contribution is 6.34. The van der Waals surface area contributed by atoms with E-state index in [1.807, 2.05) is 6.07 Å². The van der Waals surface area contributed by atoms with Crippen LogP contribution in [0.25, 0.3) is 0 Å². The average molecular weight is 309 g/mol. The number of carbonyl (C=O) groups excluding carboxylic acids is 4. The molecular weight excluding hydrogens is 298 g/mol. The quantitative estimate of drug-likeness (QED) is 0.604. The molecule has 1 aromatic rings. The molecule has 4 amide bonds. The Labute approximate surface area is 132 Å². The first-order valence-electron chi connectivity index (χ1n) is 6.55. The molecular formula is C16H11N3O4. The van der Waals surface area contributed by atoms with Crippen molar-refractivity contribution in [3.63, 3.8) is 0 Å². The van der Waals surface area contributed by atoms with Crippen molar-refractivity contribution < 1.29 is 19.2 Å². The van der Waals surface area contributed by atoms with E-state index in [0.29, 0.717) is 9.80 Å². The highest BCUT2D eigenvalue weighted by Crippen LogP contribution is 2.26. The number of barbiturate groups is 1. The van der Waals surface area contributed by atoms with Crippen molar-refractivity contribution in [2.45, 2.75) is 6.92 Å². The van der Waals surface area contributed by atoms with Crippen molar-refractivity contribution in [1.29, 1.82) is 5.26 Å². The van der Waals surface area contributed by atoms with E-state index in [2.05, 4.69) is 5.92 Å². The van der Waals surface area contributed by atoms with E-state index in [9.17, 15) is 19.2 Å². The average Bonchev–Trinajstić information content (AvgIpc) is 2.51. The standard InChI is InChI=1S/C16H11N3O4/c1-3-7-18-14(21)13(10(2)20)15(22)19(16(18)23)12-6-4-5-11(8-12)9-17/h1,4-6,8,13H,7H2,2H3. The minimum Gasteiger partial charge on any atom is -0.299 e. The fourth-order valence-corrected chi connectivity index (χ4v) is 2.24. The van der Waals surface area contributed by atoms with Crippen LogP contribution in [0, 0.1) is 29.6 Å². The molecule has 1 unspecified atom stereocenters. The van der Waals surface area contributed by atoms with Crippen LogP contribution in [0.5, 0.6) is 0 Å². The topological polar surface area (TPSA) is 98.6 Å². The number of amides is 4. The summed E-state index contributed by atoms with van der Waals surface area (Å²) in [4.78, 5) is 50.1. The van der Waals surface area contributed by atoms with Gasteiger partial charge in [0, 0.05) is 0 Å². The zero-order valence-corrected chi connectivity index (χ0v) is 12.1. The summed E-state index contributed by atoms with van der Waals surface area (Å²) >= 11 is 0. The van der Waals surface area contributed by atoms with Crippen molar-refractivity contribution in [3.8, 4) is 18.4 Å². The van der Waals surface area contributed by atoms with Crippen LogP contribution in [0.4, 0.5) is 10.5 Å². The van der Waals surface area contributed by atoms with Gasteiger partial charge >= 0.3 is 6.03 Å². The van der Waals surface area contributed by atoms with Gasteiger partial charge in [0.25, 0.3) is 11.8 Å². The lowest BCUT2D eigenvalue weighted by Gasteiger charge is -2.35. The molecule has 1 aromatic carbocycles. The van der Waals surface area contributed by atoms with E-state index < -0.39 is 29.5 Å². The summed E-state index contributed by atoms with van der Waals surface area (Å²) in [6, 6.07) is 6.67. The van der Waals surface area contributed by atoms with Gasteiger partial charge in [-0.1, -0.05) is 12.0 Å². The van der Waals surface area contributed by atoms with Gasteiger partial charge in [0.1, 0.15) is 0 Å². The lowest BCUT2D eigenvalue weighted by molar-refractivity contribution is -0.145. The summed E-state index contributed by atoms with van der Waals surface area (Å²) in [5.74, 6) is -2.03. The van der Waals surface area contributed by atoms with Gasteiger partial charge in [-0.05, 0) is 25.1 Å². The molecule has 1 aliphatic heterocycles. The van der Waals surface area contributed by atoms with Gasteiger partial charge in [0.15, 0.2) is 11.7 Å². The summed E-state index contributed by atoms with van der Waals surface area (Å²) in [6.07, 6.45) is 5.14. The number of anilines is 1. The third kappa shape index (κ3) is 2.68. The minimum absolute atomic E-state index is 0.0971. The van der Waals surface area contributed by atoms with Crippen LogP contribution in [0.1, 0.15) is 12.5 Å². The molecule has 114 valence electrons. The van der Waals surface area contributed by atoms with Crippen LogP contribution in [-0.2, 0) is 14.4 Å². The van der Waals surface area contributed by atoms with Crippen LogP contribution in [0.15, 0.2) is 24.3 Å². The normalized spacial score (nSPS) is 17.7. The van der Waals surface area contributed by atoms with E-state index in [-0.39, 0.29) is 17.8 Å². The maximum absolute atomic E-state index is 12.4. The zero-order chi connectivity index (χ0) is 17.1. The van der Waals surface area contributed by atoms with Gasteiger partial charge in [0.2, 0.25) is 0 Å². The second-order valence-electron chi connectivity index (χ2n) is 4.79. The van der Waals surface area contributed by atoms with Crippen molar-refractivity contribution in [2.24, 2.45) is 5.92 Å². The molecule has 1 fully saturated rings. The molecule has 2 rings (SSSR count). The molecule has 0 N–H and O–H groups in total. The number of terminal acetylenes is 1. The number of imide groups is 2. The van der Waals surface area contributed by atoms with Crippen LogP contribution in [-0.4, -0.2) is 35.1 Å². The van der Waals surface area contributed by atoms with E-state index in [1.165, 1.54) is 24.3 Å². The predicted molar refractivity (Wildman–Crippen MR) is 78.8 cm³/mol. The maximum atomic E-state index is 12.4. The number of nitrogens with zero attached hydrogens (tertiary/aromatic N) is 3. The highest BCUT2D eigenvalue weighted by atomic mass is 16.2. The maximum Gasteiger partial charge on any atom is 0.338 e. The Hall–Kier alpha value is -3.45. The van der Waals surface area contributed by atoms with E-state index in [4.69, 9.17) is 11.7 Å². The molecule has 7 nitrogen and oxygen atoms in total. The number of rotatable bonds is 3. The molecule has 0 saturated carbocycles. The Kier molecular flexibility index (Phi) is 4.24. The highest BCUT2D eigenvalue weighted by Gasteiger charge is 2.48. The first-order chi connectivity index (χ1) is 10.9. The number of benzene rings is 1. The Morgan fingerprint density at radius 3 is 2.57 bits per heavy atom. The zero-order valence-electron chi connectivity index (χ0n) is 12.1. The predicted octanol–water partition coefficient (Wildman–Crippen LogP) is 0.692. The third-order valence-electron chi connectivity index (χ3n) is 3.29. The number of hydrogen-bond acceptors (Lipinski definition) is 5.